The van der Waals surface area contributed by atoms with Crippen LogP contribution in [0.2, 0.25) is 0 Å². The molecule has 0 unspecified atom stereocenters. The Labute approximate surface area is 117 Å². The van der Waals surface area contributed by atoms with E-state index < -0.39 is 29.4 Å². The van der Waals surface area contributed by atoms with Crippen molar-refractivity contribution in [3.63, 3.8) is 0 Å². The second kappa shape index (κ2) is 5.42. The molecule has 0 atom stereocenters. The van der Waals surface area contributed by atoms with Crippen molar-refractivity contribution in [3.8, 4) is 0 Å². The SMILES string of the molecule is FC(F)(F)[C](c1ccccc1)c1ccccc1C(F)(F)F. The van der Waals surface area contributed by atoms with Crippen molar-refractivity contribution in [2.75, 3.05) is 0 Å². The lowest BCUT2D eigenvalue weighted by Gasteiger charge is -2.23. The molecular weight excluding hydrogens is 294 g/mol. The van der Waals surface area contributed by atoms with E-state index in [0.717, 1.165) is 30.3 Å². The molecule has 0 N–H and O–H groups in total. The largest absolute Gasteiger partial charge is 0.416 e. The molecule has 0 amide bonds. The van der Waals surface area contributed by atoms with E-state index in [1.54, 1.807) is 0 Å². The predicted octanol–water partition coefficient (Wildman–Crippen LogP) is 5.24. The first-order valence-corrected chi connectivity index (χ1v) is 5.87. The summed E-state index contributed by atoms with van der Waals surface area (Å²) in [6.07, 6.45) is -9.76. The molecule has 0 aliphatic rings. The van der Waals surface area contributed by atoms with Crippen molar-refractivity contribution in [1.82, 2.24) is 0 Å². The van der Waals surface area contributed by atoms with Gasteiger partial charge in [0.2, 0.25) is 0 Å². The van der Waals surface area contributed by atoms with Gasteiger partial charge in [0, 0.05) is 0 Å². The van der Waals surface area contributed by atoms with E-state index in [1.807, 2.05) is 0 Å². The third-order valence-corrected chi connectivity index (χ3v) is 2.85. The zero-order valence-corrected chi connectivity index (χ0v) is 10.5. The summed E-state index contributed by atoms with van der Waals surface area (Å²) in [6, 6.07) is 10.1. The Morgan fingerprint density at radius 3 is 1.71 bits per heavy atom. The number of alkyl halides is 6. The summed E-state index contributed by atoms with van der Waals surface area (Å²) in [5, 5.41) is 0. The van der Waals surface area contributed by atoms with Gasteiger partial charge in [-0.3, -0.25) is 0 Å². The fourth-order valence-corrected chi connectivity index (χ4v) is 2.02. The summed E-state index contributed by atoms with van der Waals surface area (Å²) in [5.74, 6) is -1.30. The molecule has 1 radical (unpaired) electrons. The maximum atomic E-state index is 13.3. The molecule has 0 saturated heterocycles. The number of benzene rings is 2. The molecule has 2 aromatic carbocycles. The lowest BCUT2D eigenvalue weighted by molar-refractivity contribution is -0.139. The van der Waals surface area contributed by atoms with Gasteiger partial charge in [-0.25, -0.2) is 0 Å². The molecule has 0 aliphatic carbocycles. The van der Waals surface area contributed by atoms with Gasteiger partial charge in [-0.05, 0) is 17.2 Å². The summed E-state index contributed by atoms with van der Waals surface area (Å²) in [6.45, 7) is 0. The van der Waals surface area contributed by atoms with Gasteiger partial charge in [0.05, 0.1) is 5.56 Å². The van der Waals surface area contributed by atoms with Crippen molar-refractivity contribution in [3.05, 3.63) is 77.2 Å². The first kappa shape index (κ1) is 15.4. The molecule has 111 valence electrons. The summed E-state index contributed by atoms with van der Waals surface area (Å²) in [4.78, 5) is 0. The highest BCUT2D eigenvalue weighted by atomic mass is 19.4. The molecule has 2 aromatic rings. The van der Waals surface area contributed by atoms with E-state index >= 15 is 0 Å². The molecule has 0 nitrogen and oxygen atoms in total. The Kier molecular flexibility index (Phi) is 3.98. The molecule has 0 saturated carbocycles. The lowest BCUT2D eigenvalue weighted by atomic mass is 9.87. The Balaban J connectivity index is 2.65. The molecule has 0 heterocycles. The standard InChI is InChI=1S/C15H9F6/c16-14(17,18)12-9-5-4-8-11(12)13(15(19,20)21)10-6-2-1-3-7-10/h1-9H. The first-order chi connectivity index (χ1) is 9.71. The van der Waals surface area contributed by atoms with E-state index in [2.05, 4.69) is 0 Å². The normalized spacial score (nSPS) is 12.7. The van der Waals surface area contributed by atoms with E-state index in [-0.39, 0.29) is 5.56 Å². The number of hydrogen-bond donors (Lipinski definition) is 0. The van der Waals surface area contributed by atoms with E-state index in [4.69, 9.17) is 0 Å². The quantitative estimate of drug-likeness (QED) is 0.666. The summed E-state index contributed by atoms with van der Waals surface area (Å²) in [7, 11) is 0. The van der Waals surface area contributed by atoms with Gasteiger partial charge in [-0.1, -0.05) is 48.5 Å². The summed E-state index contributed by atoms with van der Waals surface area (Å²) >= 11 is 0. The zero-order valence-electron chi connectivity index (χ0n) is 10.5. The van der Waals surface area contributed by atoms with Crippen LogP contribution in [0.4, 0.5) is 26.3 Å². The Bertz CT molecular complexity index is 598. The van der Waals surface area contributed by atoms with Gasteiger partial charge in [-0.2, -0.15) is 26.3 Å². The Hall–Kier alpha value is -1.98. The second-order valence-corrected chi connectivity index (χ2v) is 4.28. The van der Waals surface area contributed by atoms with Crippen LogP contribution in [0.15, 0.2) is 54.6 Å². The zero-order chi connectivity index (χ0) is 15.7. The van der Waals surface area contributed by atoms with Crippen molar-refractivity contribution < 1.29 is 26.3 Å². The highest BCUT2D eigenvalue weighted by molar-refractivity contribution is 5.52. The van der Waals surface area contributed by atoms with Crippen LogP contribution in [-0.4, -0.2) is 6.18 Å². The molecule has 0 bridgehead atoms. The second-order valence-electron chi connectivity index (χ2n) is 4.28. The minimum absolute atomic E-state index is 0.304. The Morgan fingerprint density at radius 1 is 0.667 bits per heavy atom. The van der Waals surface area contributed by atoms with Gasteiger partial charge in [0.1, 0.15) is 5.92 Å². The Morgan fingerprint density at radius 2 is 1.19 bits per heavy atom. The topological polar surface area (TPSA) is 0 Å². The molecule has 0 fully saturated rings. The van der Waals surface area contributed by atoms with Crippen LogP contribution in [0.25, 0.3) is 0 Å². The minimum atomic E-state index is -4.90. The van der Waals surface area contributed by atoms with E-state index in [1.165, 1.54) is 18.2 Å². The average Bonchev–Trinajstić information content (AvgIpc) is 2.38. The van der Waals surface area contributed by atoms with Crippen LogP contribution in [0, 0.1) is 5.92 Å². The van der Waals surface area contributed by atoms with Crippen molar-refractivity contribution in [2.24, 2.45) is 0 Å². The lowest BCUT2D eigenvalue weighted by Crippen LogP contribution is -2.25. The number of hydrogen-bond acceptors (Lipinski definition) is 0. The third-order valence-electron chi connectivity index (χ3n) is 2.85. The van der Waals surface area contributed by atoms with Crippen molar-refractivity contribution in [1.29, 1.82) is 0 Å². The van der Waals surface area contributed by atoms with Gasteiger partial charge >= 0.3 is 12.4 Å². The van der Waals surface area contributed by atoms with Gasteiger partial charge in [0.25, 0.3) is 0 Å². The van der Waals surface area contributed by atoms with Gasteiger partial charge < -0.3 is 0 Å². The minimum Gasteiger partial charge on any atom is -0.170 e. The molecule has 2 rings (SSSR count). The monoisotopic (exact) mass is 303 g/mol. The van der Waals surface area contributed by atoms with Crippen molar-refractivity contribution in [2.45, 2.75) is 12.4 Å². The number of rotatable bonds is 2. The van der Waals surface area contributed by atoms with Crippen LogP contribution in [0.1, 0.15) is 16.7 Å². The fraction of sp³-hybridized carbons (Fsp3) is 0.133. The molecular formula is C15H9F6. The van der Waals surface area contributed by atoms with Crippen LogP contribution < -0.4 is 0 Å². The predicted molar refractivity (Wildman–Crippen MR) is 65.4 cm³/mol. The van der Waals surface area contributed by atoms with Gasteiger partial charge in [0.15, 0.2) is 0 Å². The van der Waals surface area contributed by atoms with Gasteiger partial charge in [-0.15, -0.1) is 0 Å². The fourth-order valence-electron chi connectivity index (χ4n) is 2.02. The summed E-state index contributed by atoms with van der Waals surface area (Å²) in [5.41, 5.74) is -2.48. The maximum absolute atomic E-state index is 13.3. The van der Waals surface area contributed by atoms with Crippen LogP contribution in [0.5, 0.6) is 0 Å². The van der Waals surface area contributed by atoms with E-state index in [0.29, 0.717) is 6.07 Å². The smallest absolute Gasteiger partial charge is 0.170 e. The highest BCUT2D eigenvalue weighted by Crippen LogP contribution is 2.44. The molecule has 0 aromatic heterocycles. The molecule has 0 aliphatic heterocycles. The summed E-state index contributed by atoms with van der Waals surface area (Å²) < 4.78 is 78.6. The highest BCUT2D eigenvalue weighted by Gasteiger charge is 2.47. The van der Waals surface area contributed by atoms with Crippen LogP contribution in [-0.2, 0) is 6.18 Å². The first-order valence-electron chi connectivity index (χ1n) is 5.87. The molecule has 21 heavy (non-hydrogen) atoms. The maximum Gasteiger partial charge on any atom is 0.416 e. The average molecular weight is 303 g/mol. The molecule has 6 heteroatoms. The van der Waals surface area contributed by atoms with E-state index in [9.17, 15) is 26.3 Å². The number of halogens is 6. The van der Waals surface area contributed by atoms with Crippen LogP contribution in [0.3, 0.4) is 0 Å². The van der Waals surface area contributed by atoms with Crippen molar-refractivity contribution >= 4 is 0 Å². The van der Waals surface area contributed by atoms with Crippen LogP contribution >= 0.6 is 0 Å². The molecule has 0 spiro atoms. The third kappa shape index (κ3) is 3.37.